The summed E-state index contributed by atoms with van der Waals surface area (Å²) in [6, 6.07) is 9.18. The van der Waals surface area contributed by atoms with E-state index >= 15 is 0 Å². The van der Waals surface area contributed by atoms with Gasteiger partial charge >= 0.3 is 0 Å². The fraction of sp³-hybridized carbons (Fsp3) is 0.812. The highest BCUT2D eigenvalue weighted by molar-refractivity contribution is 5.30. The van der Waals surface area contributed by atoms with Gasteiger partial charge in [-0.2, -0.15) is 0 Å². The number of rotatable bonds is 9. The summed E-state index contributed by atoms with van der Waals surface area (Å²) in [6.45, 7) is 9.41. The molecule has 2 nitrogen and oxygen atoms in total. The Hall–Kier alpha value is -1.02. The zero-order chi connectivity index (χ0) is 23.4. The zero-order valence-electron chi connectivity index (χ0n) is 22.2. The van der Waals surface area contributed by atoms with Gasteiger partial charge in [-0.3, -0.25) is 0 Å². The first-order chi connectivity index (χ1) is 16.4. The number of hydrogen-bond donors (Lipinski definition) is 0. The van der Waals surface area contributed by atoms with Crippen LogP contribution in [0.15, 0.2) is 24.3 Å². The van der Waals surface area contributed by atoms with Crippen LogP contribution in [0, 0.1) is 47.3 Å². The second-order valence-corrected chi connectivity index (χ2v) is 13.8. The topological polar surface area (TPSA) is 18.5 Å². The van der Waals surface area contributed by atoms with Gasteiger partial charge in [0.25, 0.3) is 0 Å². The van der Waals surface area contributed by atoms with E-state index in [0.29, 0.717) is 17.8 Å². The molecule has 0 amide bonds. The molecular formula is C32H48O2. The van der Waals surface area contributed by atoms with E-state index in [1.807, 2.05) is 0 Å². The first-order valence-electron chi connectivity index (χ1n) is 14.9. The molecule has 7 atom stereocenters. The zero-order valence-corrected chi connectivity index (χ0v) is 22.2. The predicted molar refractivity (Wildman–Crippen MR) is 139 cm³/mol. The van der Waals surface area contributed by atoms with Gasteiger partial charge in [-0.05, 0) is 116 Å². The highest BCUT2D eigenvalue weighted by atomic mass is 16.7. The average Bonchev–Trinajstić information content (AvgIpc) is 3.60. The van der Waals surface area contributed by atoms with Crippen LogP contribution in [-0.4, -0.2) is 11.9 Å². The lowest BCUT2D eigenvalue weighted by atomic mass is 9.77. The van der Waals surface area contributed by atoms with E-state index in [9.17, 15) is 0 Å². The van der Waals surface area contributed by atoms with Crippen LogP contribution in [0.1, 0.15) is 110 Å². The molecular weight excluding hydrogens is 416 g/mol. The molecule has 4 bridgehead atoms. The summed E-state index contributed by atoms with van der Waals surface area (Å²) in [5, 5.41) is 0. The van der Waals surface area contributed by atoms with Crippen molar-refractivity contribution in [2.24, 2.45) is 47.3 Å². The lowest BCUT2D eigenvalue weighted by Gasteiger charge is -2.39. The Bertz CT molecular complexity index is 827. The van der Waals surface area contributed by atoms with Crippen LogP contribution in [0.5, 0.6) is 5.75 Å². The minimum Gasteiger partial charge on any atom is -0.465 e. The third-order valence-corrected chi connectivity index (χ3v) is 11.0. The molecule has 0 radical (unpaired) electrons. The summed E-state index contributed by atoms with van der Waals surface area (Å²) in [5.41, 5.74) is 1.61. The van der Waals surface area contributed by atoms with Gasteiger partial charge in [0.2, 0.25) is 6.29 Å². The van der Waals surface area contributed by atoms with Gasteiger partial charge in [-0.15, -0.1) is 0 Å². The molecule has 0 N–H and O–H groups in total. The third-order valence-electron chi connectivity index (χ3n) is 11.0. The monoisotopic (exact) mass is 464 g/mol. The smallest absolute Gasteiger partial charge is 0.203 e. The average molecular weight is 465 g/mol. The van der Waals surface area contributed by atoms with E-state index in [2.05, 4.69) is 52.0 Å². The van der Waals surface area contributed by atoms with E-state index in [1.165, 1.54) is 76.2 Å². The molecule has 7 rings (SSSR count). The number of benzene rings is 1. The van der Waals surface area contributed by atoms with Crippen molar-refractivity contribution in [2.75, 3.05) is 0 Å². The summed E-state index contributed by atoms with van der Waals surface area (Å²) in [4.78, 5) is 0. The number of fused-ring (bicyclic) bond motifs is 1. The van der Waals surface area contributed by atoms with Crippen LogP contribution >= 0.6 is 0 Å². The second-order valence-electron chi connectivity index (χ2n) is 13.8. The van der Waals surface area contributed by atoms with E-state index in [0.717, 1.165) is 41.3 Å². The normalized spacial score (nSPS) is 39.8. The standard InChI is InChI=1S/C32H48O2/c1-20(2)15-30(21(3)4)23-9-12-27(13-10-23)33-31(29-14-11-22-7-5-6-8-28(22)29)34-32-18-24-16-26(32)17-25(24)19-32/h9-10,12-13,20-22,24-26,28-31H,5-8,11,14-19H2,1-4H3. The Balaban J connectivity index is 1.22. The van der Waals surface area contributed by atoms with Crippen LogP contribution < -0.4 is 4.74 Å². The Labute approximate surface area is 208 Å². The van der Waals surface area contributed by atoms with Crippen molar-refractivity contribution < 1.29 is 9.47 Å². The predicted octanol–water partition coefficient (Wildman–Crippen LogP) is 8.60. The minimum absolute atomic E-state index is 0.0476. The molecule has 188 valence electrons. The fourth-order valence-electron chi connectivity index (χ4n) is 9.41. The Morgan fingerprint density at radius 2 is 1.56 bits per heavy atom. The van der Waals surface area contributed by atoms with E-state index < -0.39 is 0 Å². The van der Waals surface area contributed by atoms with Crippen molar-refractivity contribution in [3.05, 3.63) is 29.8 Å². The summed E-state index contributed by atoms with van der Waals surface area (Å²) >= 11 is 0. The molecule has 0 spiro atoms. The Morgan fingerprint density at radius 1 is 0.853 bits per heavy atom. The molecule has 34 heavy (non-hydrogen) atoms. The fourth-order valence-corrected chi connectivity index (χ4v) is 9.41. The van der Waals surface area contributed by atoms with Crippen LogP contribution in [0.3, 0.4) is 0 Å². The number of ether oxygens (including phenoxy) is 2. The van der Waals surface area contributed by atoms with Crippen molar-refractivity contribution in [2.45, 2.75) is 116 Å². The molecule has 6 aliphatic rings. The SMILES string of the molecule is CC(C)CC(c1ccc(OC(OC23CC4CC2CC4C3)C2CCC3CCCCC32)cc1)C(C)C. The van der Waals surface area contributed by atoms with Crippen molar-refractivity contribution in [1.29, 1.82) is 0 Å². The van der Waals surface area contributed by atoms with Crippen molar-refractivity contribution >= 4 is 0 Å². The van der Waals surface area contributed by atoms with Gasteiger partial charge in [0.05, 0.1) is 5.60 Å². The van der Waals surface area contributed by atoms with Crippen LogP contribution in [0.2, 0.25) is 0 Å². The molecule has 0 heterocycles. The van der Waals surface area contributed by atoms with E-state index in [1.54, 1.807) is 0 Å². The van der Waals surface area contributed by atoms with Crippen molar-refractivity contribution in [1.82, 2.24) is 0 Å². The lowest BCUT2D eigenvalue weighted by molar-refractivity contribution is -0.207. The molecule has 0 saturated heterocycles. The molecule has 7 unspecified atom stereocenters. The highest BCUT2D eigenvalue weighted by Gasteiger charge is 2.65. The molecule has 0 aliphatic heterocycles. The maximum atomic E-state index is 7.23. The molecule has 0 aromatic heterocycles. The van der Waals surface area contributed by atoms with Crippen LogP contribution in [-0.2, 0) is 4.74 Å². The molecule has 1 aromatic rings. The van der Waals surface area contributed by atoms with Gasteiger partial charge in [0.15, 0.2) is 0 Å². The van der Waals surface area contributed by atoms with E-state index in [4.69, 9.17) is 9.47 Å². The maximum Gasteiger partial charge on any atom is 0.203 e. The van der Waals surface area contributed by atoms with Crippen molar-refractivity contribution in [3.63, 3.8) is 0 Å². The maximum absolute atomic E-state index is 7.23. The van der Waals surface area contributed by atoms with E-state index in [-0.39, 0.29) is 11.9 Å². The molecule has 1 aromatic carbocycles. The first-order valence-corrected chi connectivity index (χ1v) is 14.9. The third kappa shape index (κ3) is 4.14. The van der Waals surface area contributed by atoms with Gasteiger partial charge in [-0.1, -0.05) is 59.1 Å². The van der Waals surface area contributed by atoms with Crippen LogP contribution in [0.25, 0.3) is 0 Å². The summed E-state index contributed by atoms with van der Waals surface area (Å²) in [5.74, 6) is 8.06. The second kappa shape index (κ2) is 9.13. The van der Waals surface area contributed by atoms with Gasteiger partial charge in [0, 0.05) is 5.92 Å². The Morgan fingerprint density at radius 3 is 2.18 bits per heavy atom. The Kier molecular flexibility index (Phi) is 6.28. The molecule has 6 aliphatic carbocycles. The van der Waals surface area contributed by atoms with Crippen molar-refractivity contribution in [3.8, 4) is 5.75 Å². The quantitative estimate of drug-likeness (QED) is 0.341. The number of hydrogen-bond acceptors (Lipinski definition) is 2. The lowest BCUT2D eigenvalue weighted by Crippen LogP contribution is -2.43. The highest BCUT2D eigenvalue weighted by Crippen LogP contribution is 2.67. The summed E-state index contributed by atoms with van der Waals surface area (Å²) in [6.07, 6.45) is 15.0. The summed E-state index contributed by atoms with van der Waals surface area (Å²) < 4.78 is 14.1. The first kappa shape index (κ1) is 23.4. The van der Waals surface area contributed by atoms with Gasteiger partial charge in [0.1, 0.15) is 5.75 Å². The largest absolute Gasteiger partial charge is 0.465 e. The summed E-state index contributed by atoms with van der Waals surface area (Å²) in [7, 11) is 0. The molecule has 6 saturated carbocycles. The van der Waals surface area contributed by atoms with Gasteiger partial charge in [-0.25, -0.2) is 0 Å². The van der Waals surface area contributed by atoms with Gasteiger partial charge < -0.3 is 9.47 Å². The molecule has 2 heteroatoms. The molecule has 6 fully saturated rings. The minimum atomic E-state index is -0.0476. The van der Waals surface area contributed by atoms with Crippen LogP contribution in [0.4, 0.5) is 0 Å².